The van der Waals surface area contributed by atoms with Gasteiger partial charge >= 0.3 is 0 Å². The summed E-state index contributed by atoms with van der Waals surface area (Å²) in [5, 5.41) is 0.741. The number of hydrogen-bond acceptors (Lipinski definition) is 3. The van der Waals surface area contributed by atoms with Crippen LogP contribution in [-0.4, -0.2) is 27.0 Å². The van der Waals surface area contributed by atoms with E-state index in [9.17, 15) is 0 Å². The Morgan fingerprint density at radius 2 is 1.71 bits per heavy atom. The Kier molecular flexibility index (Phi) is 3.84. The molecule has 0 amide bonds. The quantitative estimate of drug-likeness (QED) is 0.860. The zero-order chi connectivity index (χ0) is 14.8. The standard InChI is InChI=1S/C17H16ClNO2/c1-20-16-7-12-9-19-10-15(14(12)8-17(16)21-2)11-3-5-13(18)6-4-11/h3-9,15H,10H2,1-2H3. The monoisotopic (exact) mass is 301 g/mol. The summed E-state index contributed by atoms with van der Waals surface area (Å²) in [5.74, 6) is 1.67. The highest BCUT2D eigenvalue weighted by Gasteiger charge is 2.22. The second-order valence-corrected chi connectivity index (χ2v) is 5.37. The van der Waals surface area contributed by atoms with Crippen LogP contribution in [0.25, 0.3) is 0 Å². The van der Waals surface area contributed by atoms with Crippen molar-refractivity contribution >= 4 is 17.8 Å². The van der Waals surface area contributed by atoms with Crippen molar-refractivity contribution in [1.29, 1.82) is 0 Å². The molecule has 3 nitrogen and oxygen atoms in total. The van der Waals surface area contributed by atoms with Gasteiger partial charge in [0.2, 0.25) is 0 Å². The zero-order valence-electron chi connectivity index (χ0n) is 12.0. The van der Waals surface area contributed by atoms with E-state index in [1.54, 1.807) is 14.2 Å². The lowest BCUT2D eigenvalue weighted by atomic mass is 9.86. The minimum atomic E-state index is 0.210. The van der Waals surface area contributed by atoms with Crippen LogP contribution >= 0.6 is 11.6 Å². The molecule has 2 aromatic rings. The molecule has 1 unspecified atom stereocenters. The SMILES string of the molecule is COc1cc2c(cc1OC)C(c1ccc(Cl)cc1)CN=C2. The fourth-order valence-electron chi connectivity index (χ4n) is 2.66. The van der Waals surface area contributed by atoms with E-state index >= 15 is 0 Å². The first-order chi connectivity index (χ1) is 10.2. The first kappa shape index (κ1) is 14.0. The fraction of sp³-hybridized carbons (Fsp3) is 0.235. The number of aliphatic imine (C=N–C) groups is 1. The highest BCUT2D eigenvalue weighted by atomic mass is 35.5. The smallest absolute Gasteiger partial charge is 0.161 e. The Hall–Kier alpha value is -2.00. The van der Waals surface area contributed by atoms with Crippen molar-refractivity contribution < 1.29 is 9.47 Å². The van der Waals surface area contributed by atoms with Gasteiger partial charge in [-0.2, -0.15) is 0 Å². The van der Waals surface area contributed by atoms with Gasteiger partial charge in [-0.15, -0.1) is 0 Å². The number of benzene rings is 2. The topological polar surface area (TPSA) is 30.8 Å². The molecule has 3 rings (SSSR count). The highest BCUT2D eigenvalue weighted by Crippen LogP contribution is 2.37. The Bertz CT molecular complexity index is 680. The van der Waals surface area contributed by atoms with E-state index in [1.165, 1.54) is 11.1 Å². The van der Waals surface area contributed by atoms with Gasteiger partial charge in [0.1, 0.15) is 0 Å². The number of ether oxygens (including phenoxy) is 2. The molecule has 1 aliphatic rings. The van der Waals surface area contributed by atoms with Crippen LogP contribution in [0, 0.1) is 0 Å². The van der Waals surface area contributed by atoms with Gasteiger partial charge in [0.15, 0.2) is 11.5 Å². The normalized spacial score (nSPS) is 16.4. The number of fused-ring (bicyclic) bond motifs is 1. The molecule has 0 N–H and O–H groups in total. The zero-order valence-corrected chi connectivity index (χ0v) is 12.7. The minimum Gasteiger partial charge on any atom is -0.493 e. The van der Waals surface area contributed by atoms with Gasteiger partial charge in [-0.3, -0.25) is 4.99 Å². The van der Waals surface area contributed by atoms with E-state index in [2.05, 4.69) is 4.99 Å². The molecular weight excluding hydrogens is 286 g/mol. The van der Waals surface area contributed by atoms with Crippen LogP contribution < -0.4 is 9.47 Å². The number of hydrogen-bond donors (Lipinski definition) is 0. The van der Waals surface area contributed by atoms with Crippen LogP contribution in [-0.2, 0) is 0 Å². The molecule has 1 aliphatic heterocycles. The molecule has 1 heterocycles. The molecule has 0 saturated heterocycles. The summed E-state index contributed by atoms with van der Waals surface area (Å²) in [6.07, 6.45) is 1.89. The van der Waals surface area contributed by atoms with Gasteiger partial charge in [0, 0.05) is 29.3 Å². The van der Waals surface area contributed by atoms with Crippen molar-refractivity contribution in [2.45, 2.75) is 5.92 Å². The lowest BCUT2D eigenvalue weighted by Gasteiger charge is -2.23. The van der Waals surface area contributed by atoms with Crippen molar-refractivity contribution in [2.75, 3.05) is 20.8 Å². The van der Waals surface area contributed by atoms with E-state index in [0.717, 1.165) is 28.6 Å². The average molecular weight is 302 g/mol. The van der Waals surface area contributed by atoms with Crippen LogP contribution in [0.3, 0.4) is 0 Å². The summed E-state index contributed by atoms with van der Waals surface area (Å²) in [6.45, 7) is 0.726. The highest BCUT2D eigenvalue weighted by molar-refractivity contribution is 6.30. The van der Waals surface area contributed by atoms with Gasteiger partial charge in [-0.25, -0.2) is 0 Å². The molecule has 0 fully saturated rings. The summed E-state index contributed by atoms with van der Waals surface area (Å²) >= 11 is 5.97. The van der Waals surface area contributed by atoms with Crippen molar-refractivity contribution in [3.05, 3.63) is 58.1 Å². The predicted octanol–water partition coefficient (Wildman–Crippen LogP) is 3.92. The second-order valence-electron chi connectivity index (χ2n) is 4.93. The Morgan fingerprint density at radius 1 is 1.05 bits per heavy atom. The molecule has 2 aromatic carbocycles. The summed E-state index contributed by atoms with van der Waals surface area (Å²) < 4.78 is 10.8. The molecule has 0 radical (unpaired) electrons. The Labute approximate surface area is 129 Å². The van der Waals surface area contributed by atoms with Crippen molar-refractivity contribution in [1.82, 2.24) is 0 Å². The average Bonchev–Trinajstić information content (AvgIpc) is 2.53. The number of rotatable bonds is 3. The lowest BCUT2D eigenvalue weighted by Crippen LogP contribution is -2.13. The maximum atomic E-state index is 5.97. The summed E-state index contributed by atoms with van der Waals surface area (Å²) in [7, 11) is 3.29. The van der Waals surface area contributed by atoms with Gasteiger partial charge in [-0.05, 0) is 35.4 Å². The van der Waals surface area contributed by atoms with Gasteiger partial charge in [-0.1, -0.05) is 23.7 Å². The number of nitrogens with zero attached hydrogens (tertiary/aromatic N) is 1. The van der Waals surface area contributed by atoms with Crippen LogP contribution in [0.2, 0.25) is 5.02 Å². The van der Waals surface area contributed by atoms with Gasteiger partial charge in [0.05, 0.1) is 14.2 Å². The predicted molar refractivity (Wildman–Crippen MR) is 85.3 cm³/mol. The van der Waals surface area contributed by atoms with Crippen LogP contribution in [0.4, 0.5) is 0 Å². The number of halogens is 1. The third-order valence-corrected chi connectivity index (χ3v) is 4.01. The molecule has 1 atom stereocenters. The third-order valence-electron chi connectivity index (χ3n) is 3.76. The van der Waals surface area contributed by atoms with E-state index in [1.807, 2.05) is 42.6 Å². The van der Waals surface area contributed by atoms with E-state index in [4.69, 9.17) is 21.1 Å². The molecular formula is C17H16ClNO2. The summed E-state index contributed by atoms with van der Waals surface area (Å²) in [4.78, 5) is 4.48. The molecule has 0 spiro atoms. The summed E-state index contributed by atoms with van der Waals surface area (Å²) in [6, 6.07) is 11.9. The Balaban J connectivity index is 2.08. The molecule has 0 saturated carbocycles. The summed E-state index contributed by atoms with van der Waals surface area (Å²) in [5.41, 5.74) is 3.47. The van der Waals surface area contributed by atoms with E-state index in [0.29, 0.717) is 0 Å². The molecule has 21 heavy (non-hydrogen) atoms. The molecule has 0 bridgehead atoms. The van der Waals surface area contributed by atoms with E-state index in [-0.39, 0.29) is 5.92 Å². The largest absolute Gasteiger partial charge is 0.493 e. The Morgan fingerprint density at radius 3 is 2.38 bits per heavy atom. The van der Waals surface area contributed by atoms with Gasteiger partial charge in [0.25, 0.3) is 0 Å². The molecule has 108 valence electrons. The fourth-order valence-corrected chi connectivity index (χ4v) is 2.78. The van der Waals surface area contributed by atoms with E-state index < -0.39 is 0 Å². The molecule has 4 heteroatoms. The maximum absolute atomic E-state index is 5.97. The minimum absolute atomic E-state index is 0.210. The first-order valence-corrected chi connectivity index (χ1v) is 7.12. The first-order valence-electron chi connectivity index (χ1n) is 6.74. The molecule has 0 aliphatic carbocycles. The maximum Gasteiger partial charge on any atom is 0.161 e. The lowest BCUT2D eigenvalue weighted by molar-refractivity contribution is 0.354. The van der Waals surface area contributed by atoms with Crippen molar-refractivity contribution in [3.63, 3.8) is 0 Å². The van der Waals surface area contributed by atoms with Crippen molar-refractivity contribution in [3.8, 4) is 11.5 Å². The van der Waals surface area contributed by atoms with Crippen molar-refractivity contribution in [2.24, 2.45) is 4.99 Å². The van der Waals surface area contributed by atoms with Crippen LogP contribution in [0.1, 0.15) is 22.6 Å². The van der Waals surface area contributed by atoms with Crippen LogP contribution in [0.15, 0.2) is 41.4 Å². The third kappa shape index (κ3) is 2.61. The molecule has 0 aromatic heterocycles. The van der Waals surface area contributed by atoms with Crippen LogP contribution in [0.5, 0.6) is 11.5 Å². The van der Waals surface area contributed by atoms with Gasteiger partial charge < -0.3 is 9.47 Å². The number of methoxy groups -OCH3 is 2. The second kappa shape index (κ2) is 5.78.